The number of phenols is 1. The van der Waals surface area contributed by atoms with E-state index in [1.165, 1.54) is 5.56 Å². The van der Waals surface area contributed by atoms with Gasteiger partial charge in [0, 0.05) is 38.4 Å². The summed E-state index contributed by atoms with van der Waals surface area (Å²) in [6, 6.07) is 5.49. The number of hydrogen-bond donors (Lipinski definition) is 2. The fourth-order valence-corrected chi connectivity index (χ4v) is 3.55. The Labute approximate surface area is 160 Å². The number of rotatable bonds is 6. The molecule has 1 atom stereocenters. The van der Waals surface area contributed by atoms with Crippen LogP contribution in [0.5, 0.6) is 11.5 Å². The van der Waals surface area contributed by atoms with Gasteiger partial charge >= 0.3 is 0 Å². The smallest absolute Gasteiger partial charge is 0.194 e. The van der Waals surface area contributed by atoms with Crippen LogP contribution in [0.1, 0.15) is 24.5 Å². The highest BCUT2D eigenvalue weighted by molar-refractivity contribution is 5.80. The number of aryl methyl sites for hydroxylation is 1. The van der Waals surface area contributed by atoms with E-state index in [2.05, 4.69) is 28.4 Å². The van der Waals surface area contributed by atoms with Gasteiger partial charge in [-0.3, -0.25) is 4.68 Å². The van der Waals surface area contributed by atoms with E-state index in [4.69, 9.17) is 9.73 Å². The van der Waals surface area contributed by atoms with Crippen LogP contribution in [-0.4, -0.2) is 52.5 Å². The van der Waals surface area contributed by atoms with Crippen LogP contribution in [0.25, 0.3) is 0 Å². The van der Waals surface area contributed by atoms with Crippen LogP contribution < -0.4 is 10.1 Å². The highest BCUT2D eigenvalue weighted by atomic mass is 16.5. The predicted octanol–water partition coefficient (Wildman–Crippen LogP) is 2.16. The molecule has 0 amide bonds. The zero-order valence-electron chi connectivity index (χ0n) is 16.4. The van der Waals surface area contributed by atoms with Crippen LogP contribution in [0.15, 0.2) is 35.6 Å². The third kappa shape index (κ3) is 4.72. The molecule has 7 nitrogen and oxygen atoms in total. The summed E-state index contributed by atoms with van der Waals surface area (Å²) >= 11 is 0. The maximum Gasteiger partial charge on any atom is 0.194 e. The van der Waals surface area contributed by atoms with Crippen LogP contribution in [0.2, 0.25) is 0 Å². The van der Waals surface area contributed by atoms with Crippen LogP contribution in [0.3, 0.4) is 0 Å². The van der Waals surface area contributed by atoms with E-state index >= 15 is 0 Å². The summed E-state index contributed by atoms with van der Waals surface area (Å²) in [5, 5.41) is 17.9. The number of nitrogens with zero attached hydrogens (tertiary/aromatic N) is 4. The number of methoxy groups -OCH3 is 1. The first-order valence-corrected chi connectivity index (χ1v) is 9.46. The van der Waals surface area contributed by atoms with Gasteiger partial charge in [0.1, 0.15) is 0 Å². The molecule has 2 aromatic rings. The summed E-state index contributed by atoms with van der Waals surface area (Å²) in [6.45, 7) is 5.26. The lowest BCUT2D eigenvalue weighted by Gasteiger charge is -2.22. The molecule has 1 saturated heterocycles. The number of guanidine groups is 1. The molecule has 1 aliphatic rings. The number of nitrogens with one attached hydrogen (secondary N) is 1. The number of hydrogen-bond acceptors (Lipinski definition) is 4. The standard InChI is InChI=1S/C20H29N5O2/c1-4-21-20(22-12-17-6-5-7-18(27-3)19(17)26)25-9-8-15(14-25)10-16-11-23-24(2)13-16/h5-7,11,13,15,26H,4,8-10,12,14H2,1-3H3,(H,21,22). The van der Waals surface area contributed by atoms with Gasteiger partial charge in [0.2, 0.25) is 0 Å². The summed E-state index contributed by atoms with van der Waals surface area (Å²) in [4.78, 5) is 7.05. The number of phenolic OH excluding ortho intramolecular Hbond substituents is 1. The Kier molecular flexibility index (Phi) is 6.21. The van der Waals surface area contributed by atoms with Crippen LogP contribution in [-0.2, 0) is 20.0 Å². The molecule has 2 N–H and O–H groups in total. The van der Waals surface area contributed by atoms with Gasteiger partial charge in [0.05, 0.1) is 19.9 Å². The van der Waals surface area contributed by atoms with Crippen molar-refractivity contribution in [2.75, 3.05) is 26.7 Å². The van der Waals surface area contributed by atoms with E-state index in [1.807, 2.05) is 30.1 Å². The zero-order chi connectivity index (χ0) is 19.2. The molecule has 7 heteroatoms. The maximum absolute atomic E-state index is 10.3. The molecule has 1 fully saturated rings. The maximum atomic E-state index is 10.3. The van der Waals surface area contributed by atoms with Gasteiger partial charge in [-0.25, -0.2) is 4.99 Å². The molecule has 1 unspecified atom stereocenters. The summed E-state index contributed by atoms with van der Waals surface area (Å²) in [5.41, 5.74) is 2.04. The van der Waals surface area contributed by atoms with Crippen molar-refractivity contribution in [3.63, 3.8) is 0 Å². The minimum Gasteiger partial charge on any atom is -0.504 e. The summed E-state index contributed by atoms with van der Waals surface area (Å²) in [7, 11) is 3.51. The quantitative estimate of drug-likeness (QED) is 0.601. The number of aromatic hydroxyl groups is 1. The average molecular weight is 371 g/mol. The van der Waals surface area contributed by atoms with E-state index < -0.39 is 0 Å². The molecule has 1 aromatic carbocycles. The van der Waals surface area contributed by atoms with Crippen molar-refractivity contribution in [3.05, 3.63) is 41.7 Å². The van der Waals surface area contributed by atoms with E-state index in [9.17, 15) is 5.11 Å². The van der Waals surface area contributed by atoms with Gasteiger partial charge in [-0.05, 0) is 37.3 Å². The van der Waals surface area contributed by atoms with Crippen LogP contribution >= 0.6 is 0 Å². The Bertz CT molecular complexity index is 786. The topological polar surface area (TPSA) is 74.9 Å². The second-order valence-corrected chi connectivity index (χ2v) is 6.97. The first-order valence-electron chi connectivity index (χ1n) is 9.46. The highest BCUT2D eigenvalue weighted by Gasteiger charge is 2.25. The number of benzene rings is 1. The molecule has 0 bridgehead atoms. The molecule has 1 aromatic heterocycles. The largest absolute Gasteiger partial charge is 0.504 e. The molecular weight excluding hydrogens is 342 g/mol. The highest BCUT2D eigenvalue weighted by Crippen LogP contribution is 2.30. The summed E-state index contributed by atoms with van der Waals surface area (Å²) in [6.07, 6.45) is 6.23. The van der Waals surface area contributed by atoms with Gasteiger partial charge in [-0.1, -0.05) is 12.1 Å². The molecular formula is C20H29N5O2. The van der Waals surface area contributed by atoms with Crippen molar-refractivity contribution in [3.8, 4) is 11.5 Å². The lowest BCUT2D eigenvalue weighted by atomic mass is 10.0. The van der Waals surface area contributed by atoms with Gasteiger partial charge in [-0.15, -0.1) is 0 Å². The Morgan fingerprint density at radius 3 is 3.00 bits per heavy atom. The SMILES string of the molecule is CCNC(=NCc1cccc(OC)c1O)N1CCC(Cc2cnn(C)c2)C1. The Morgan fingerprint density at radius 1 is 1.44 bits per heavy atom. The predicted molar refractivity (Wildman–Crippen MR) is 106 cm³/mol. The van der Waals surface area contributed by atoms with E-state index in [0.717, 1.165) is 44.0 Å². The first kappa shape index (κ1) is 19.1. The minimum absolute atomic E-state index is 0.162. The minimum atomic E-state index is 0.162. The van der Waals surface area contributed by atoms with Gasteiger partial charge in [0.25, 0.3) is 0 Å². The number of para-hydroxylation sites is 1. The number of likely N-dealkylation sites (tertiary alicyclic amines) is 1. The average Bonchev–Trinajstić information content (AvgIpc) is 3.29. The fourth-order valence-electron chi connectivity index (χ4n) is 3.55. The second kappa shape index (κ2) is 8.79. The Balaban J connectivity index is 1.65. The third-order valence-corrected chi connectivity index (χ3v) is 4.90. The molecule has 0 radical (unpaired) electrons. The van der Waals surface area contributed by atoms with Crippen molar-refractivity contribution in [2.24, 2.45) is 18.0 Å². The second-order valence-electron chi connectivity index (χ2n) is 6.97. The Hall–Kier alpha value is -2.70. The Morgan fingerprint density at radius 2 is 2.30 bits per heavy atom. The number of aliphatic imine (C=N–C) groups is 1. The van der Waals surface area contributed by atoms with Crippen molar-refractivity contribution in [1.82, 2.24) is 20.0 Å². The lowest BCUT2D eigenvalue weighted by molar-refractivity contribution is 0.370. The third-order valence-electron chi connectivity index (χ3n) is 4.90. The summed E-state index contributed by atoms with van der Waals surface area (Å²) in [5.74, 6) is 2.14. The van der Waals surface area contributed by atoms with E-state index in [0.29, 0.717) is 18.2 Å². The van der Waals surface area contributed by atoms with Gasteiger partial charge in [0.15, 0.2) is 17.5 Å². The zero-order valence-corrected chi connectivity index (χ0v) is 16.4. The molecule has 1 aliphatic heterocycles. The molecule has 0 saturated carbocycles. The van der Waals surface area contributed by atoms with Crippen molar-refractivity contribution >= 4 is 5.96 Å². The molecule has 0 spiro atoms. The monoisotopic (exact) mass is 371 g/mol. The summed E-state index contributed by atoms with van der Waals surface area (Å²) < 4.78 is 7.04. The molecule has 0 aliphatic carbocycles. The number of aromatic nitrogens is 2. The normalized spacial score (nSPS) is 17.4. The molecule has 3 rings (SSSR count). The van der Waals surface area contributed by atoms with Crippen molar-refractivity contribution < 1.29 is 9.84 Å². The molecule has 27 heavy (non-hydrogen) atoms. The van der Waals surface area contributed by atoms with Crippen molar-refractivity contribution in [1.29, 1.82) is 0 Å². The van der Waals surface area contributed by atoms with E-state index in [1.54, 1.807) is 13.2 Å². The van der Waals surface area contributed by atoms with Crippen molar-refractivity contribution in [2.45, 2.75) is 26.3 Å². The first-order chi connectivity index (χ1) is 13.1. The van der Waals surface area contributed by atoms with Gasteiger partial charge in [-0.2, -0.15) is 5.10 Å². The lowest BCUT2D eigenvalue weighted by Crippen LogP contribution is -2.40. The molecule has 146 valence electrons. The van der Waals surface area contributed by atoms with Gasteiger partial charge < -0.3 is 20.1 Å². The fraction of sp³-hybridized carbons (Fsp3) is 0.500. The van der Waals surface area contributed by atoms with Crippen LogP contribution in [0, 0.1) is 5.92 Å². The van der Waals surface area contributed by atoms with E-state index in [-0.39, 0.29) is 5.75 Å². The number of ether oxygens (including phenoxy) is 1. The van der Waals surface area contributed by atoms with Crippen LogP contribution in [0.4, 0.5) is 0 Å². The molecule has 2 heterocycles.